The maximum absolute atomic E-state index is 4.50. The van der Waals surface area contributed by atoms with E-state index in [1.165, 1.54) is 15.6 Å². The number of hydrogen-bond donors (Lipinski definition) is 0. The third kappa shape index (κ3) is 1.80. The minimum Gasteiger partial charge on any atom is -0.246 e. The number of thiazole rings is 1. The van der Waals surface area contributed by atoms with Gasteiger partial charge in [-0.05, 0) is 13.8 Å². The maximum Gasteiger partial charge on any atom is 0.0984 e. The second kappa shape index (κ2) is 2.59. The van der Waals surface area contributed by atoms with Gasteiger partial charge in [0.05, 0.1) is 10.7 Å². The summed E-state index contributed by atoms with van der Waals surface area (Å²) in [5, 5.41) is 1.24. The number of nitrogens with zero attached hydrogens (tertiary/aromatic N) is 1. The van der Waals surface area contributed by atoms with Gasteiger partial charge in [0.15, 0.2) is 0 Å². The molecule has 0 fully saturated rings. The summed E-state index contributed by atoms with van der Waals surface area (Å²) in [7, 11) is 0. The summed E-state index contributed by atoms with van der Waals surface area (Å²) in [5.74, 6) is 0. The smallest absolute Gasteiger partial charge is 0.0984 e. The van der Waals surface area contributed by atoms with Crippen LogP contribution in [0.15, 0.2) is 0 Å². The standard InChI is InChI=1S/C9H15NS/c1-6-7(2)11-8(10-6)9(3,4)5/h1-5H3. The molecule has 0 spiro atoms. The molecule has 0 bridgehead atoms. The Labute approximate surface area is 72.5 Å². The minimum atomic E-state index is 0.212. The van der Waals surface area contributed by atoms with Crippen LogP contribution >= 0.6 is 11.3 Å². The van der Waals surface area contributed by atoms with Crippen molar-refractivity contribution in [2.45, 2.75) is 40.0 Å². The Balaban J connectivity index is 3.08. The van der Waals surface area contributed by atoms with Gasteiger partial charge >= 0.3 is 0 Å². The predicted molar refractivity (Wildman–Crippen MR) is 50.3 cm³/mol. The summed E-state index contributed by atoms with van der Waals surface area (Å²) in [6, 6.07) is 0. The Morgan fingerprint density at radius 1 is 1.18 bits per heavy atom. The lowest BCUT2D eigenvalue weighted by molar-refractivity contribution is 0.584. The molecule has 0 aliphatic carbocycles. The average molecular weight is 169 g/mol. The molecule has 1 heterocycles. The lowest BCUT2D eigenvalue weighted by atomic mass is 9.98. The van der Waals surface area contributed by atoms with E-state index in [1.807, 2.05) is 11.3 Å². The molecule has 1 rings (SSSR count). The fourth-order valence-corrected chi connectivity index (χ4v) is 1.77. The third-order valence-corrected chi connectivity index (χ3v) is 3.17. The van der Waals surface area contributed by atoms with Crippen LogP contribution in [0.4, 0.5) is 0 Å². The molecule has 2 heteroatoms. The molecule has 0 radical (unpaired) electrons. The minimum absolute atomic E-state index is 0.212. The molecule has 0 aromatic carbocycles. The van der Waals surface area contributed by atoms with Gasteiger partial charge in [-0.25, -0.2) is 4.98 Å². The van der Waals surface area contributed by atoms with Crippen LogP contribution in [-0.2, 0) is 5.41 Å². The number of hydrogen-bond acceptors (Lipinski definition) is 2. The van der Waals surface area contributed by atoms with Crippen molar-refractivity contribution in [2.24, 2.45) is 0 Å². The first-order chi connectivity index (χ1) is 4.91. The van der Waals surface area contributed by atoms with Gasteiger partial charge in [-0.1, -0.05) is 20.8 Å². The van der Waals surface area contributed by atoms with Gasteiger partial charge in [-0.15, -0.1) is 11.3 Å². The van der Waals surface area contributed by atoms with Crippen LogP contribution in [0.2, 0.25) is 0 Å². The molecule has 62 valence electrons. The molecule has 0 saturated heterocycles. The fraction of sp³-hybridized carbons (Fsp3) is 0.667. The molecule has 0 N–H and O–H groups in total. The highest BCUT2D eigenvalue weighted by molar-refractivity contribution is 7.11. The van der Waals surface area contributed by atoms with Crippen LogP contribution in [0.3, 0.4) is 0 Å². The first-order valence-electron chi connectivity index (χ1n) is 3.86. The van der Waals surface area contributed by atoms with Crippen LogP contribution in [0.25, 0.3) is 0 Å². The van der Waals surface area contributed by atoms with Gasteiger partial charge in [0, 0.05) is 10.3 Å². The van der Waals surface area contributed by atoms with Crippen LogP contribution in [0, 0.1) is 13.8 Å². The zero-order chi connectivity index (χ0) is 8.65. The Bertz CT molecular complexity index is 236. The average Bonchev–Trinajstić information content (AvgIpc) is 2.11. The number of aromatic nitrogens is 1. The van der Waals surface area contributed by atoms with Crippen molar-refractivity contribution < 1.29 is 0 Å². The van der Waals surface area contributed by atoms with Gasteiger partial charge in [-0.3, -0.25) is 0 Å². The highest BCUT2D eigenvalue weighted by Gasteiger charge is 2.18. The normalized spacial score (nSPS) is 12.1. The van der Waals surface area contributed by atoms with Crippen LogP contribution in [0.1, 0.15) is 36.3 Å². The highest BCUT2D eigenvalue weighted by Crippen LogP contribution is 2.28. The number of rotatable bonds is 0. The van der Waals surface area contributed by atoms with Crippen LogP contribution < -0.4 is 0 Å². The third-order valence-electron chi connectivity index (χ3n) is 1.67. The van der Waals surface area contributed by atoms with Crippen LogP contribution in [0.5, 0.6) is 0 Å². The maximum atomic E-state index is 4.50. The van der Waals surface area contributed by atoms with E-state index in [0.717, 1.165) is 0 Å². The lowest BCUT2D eigenvalue weighted by Crippen LogP contribution is -2.10. The van der Waals surface area contributed by atoms with Crippen molar-refractivity contribution in [3.8, 4) is 0 Å². The summed E-state index contributed by atoms with van der Waals surface area (Å²) >= 11 is 1.81. The van der Waals surface area contributed by atoms with Crippen molar-refractivity contribution in [3.05, 3.63) is 15.6 Å². The molecule has 0 amide bonds. The molecule has 0 aliphatic heterocycles. The van der Waals surface area contributed by atoms with Gasteiger partial charge in [0.2, 0.25) is 0 Å². The topological polar surface area (TPSA) is 12.9 Å². The molecule has 11 heavy (non-hydrogen) atoms. The summed E-state index contributed by atoms with van der Waals surface area (Å²) < 4.78 is 0. The second-order valence-corrected chi connectivity index (χ2v) is 5.11. The van der Waals surface area contributed by atoms with E-state index in [-0.39, 0.29) is 5.41 Å². The summed E-state index contributed by atoms with van der Waals surface area (Å²) in [5.41, 5.74) is 1.39. The highest BCUT2D eigenvalue weighted by atomic mass is 32.1. The fourth-order valence-electron chi connectivity index (χ4n) is 0.794. The Morgan fingerprint density at radius 2 is 1.73 bits per heavy atom. The van der Waals surface area contributed by atoms with Crippen molar-refractivity contribution in [2.75, 3.05) is 0 Å². The Hall–Kier alpha value is -0.370. The Kier molecular flexibility index (Phi) is 2.06. The van der Waals surface area contributed by atoms with Crippen molar-refractivity contribution in [3.63, 3.8) is 0 Å². The van der Waals surface area contributed by atoms with Crippen molar-refractivity contribution in [1.29, 1.82) is 0 Å². The van der Waals surface area contributed by atoms with E-state index in [4.69, 9.17) is 0 Å². The summed E-state index contributed by atoms with van der Waals surface area (Å²) in [6.45, 7) is 10.8. The quantitative estimate of drug-likeness (QED) is 0.581. The summed E-state index contributed by atoms with van der Waals surface area (Å²) in [6.07, 6.45) is 0. The van der Waals surface area contributed by atoms with E-state index in [1.54, 1.807) is 0 Å². The SMILES string of the molecule is Cc1nc(C(C)(C)C)sc1C. The first-order valence-corrected chi connectivity index (χ1v) is 4.67. The van der Waals surface area contributed by atoms with E-state index < -0.39 is 0 Å². The Morgan fingerprint density at radius 3 is 1.91 bits per heavy atom. The zero-order valence-electron chi connectivity index (χ0n) is 7.86. The molecule has 0 atom stereocenters. The van der Waals surface area contributed by atoms with E-state index in [2.05, 4.69) is 39.6 Å². The van der Waals surface area contributed by atoms with E-state index >= 15 is 0 Å². The first kappa shape index (κ1) is 8.72. The molecule has 1 nitrogen and oxygen atoms in total. The van der Waals surface area contributed by atoms with E-state index in [0.29, 0.717) is 0 Å². The molecule has 0 unspecified atom stereocenters. The van der Waals surface area contributed by atoms with Crippen molar-refractivity contribution >= 4 is 11.3 Å². The van der Waals surface area contributed by atoms with Crippen LogP contribution in [-0.4, -0.2) is 4.98 Å². The van der Waals surface area contributed by atoms with Crippen molar-refractivity contribution in [1.82, 2.24) is 4.98 Å². The molecular weight excluding hydrogens is 154 g/mol. The molecule has 1 aromatic rings. The van der Waals surface area contributed by atoms with Gasteiger partial charge in [0.1, 0.15) is 0 Å². The predicted octanol–water partition coefficient (Wildman–Crippen LogP) is 3.06. The molecular formula is C9H15NS. The second-order valence-electron chi connectivity index (χ2n) is 3.91. The molecule has 0 saturated carbocycles. The lowest BCUT2D eigenvalue weighted by Gasteiger charge is -2.13. The molecule has 0 aliphatic rings. The number of aryl methyl sites for hydroxylation is 2. The van der Waals surface area contributed by atoms with Gasteiger partial charge < -0.3 is 0 Å². The largest absolute Gasteiger partial charge is 0.246 e. The zero-order valence-corrected chi connectivity index (χ0v) is 8.67. The van der Waals surface area contributed by atoms with Gasteiger partial charge in [-0.2, -0.15) is 0 Å². The molecule has 1 aromatic heterocycles. The van der Waals surface area contributed by atoms with Gasteiger partial charge in [0.25, 0.3) is 0 Å². The summed E-state index contributed by atoms with van der Waals surface area (Å²) in [4.78, 5) is 5.84. The van der Waals surface area contributed by atoms with E-state index in [9.17, 15) is 0 Å². The monoisotopic (exact) mass is 169 g/mol.